The number of para-hydroxylation sites is 1. The van der Waals surface area contributed by atoms with Crippen LogP contribution >= 0.6 is 0 Å². The van der Waals surface area contributed by atoms with Gasteiger partial charge in [-0.15, -0.1) is 0 Å². The summed E-state index contributed by atoms with van der Waals surface area (Å²) in [6.07, 6.45) is 3.85. The molecule has 0 radical (unpaired) electrons. The van der Waals surface area contributed by atoms with E-state index in [-0.39, 0.29) is 24.7 Å². The number of aromatic nitrogens is 1. The van der Waals surface area contributed by atoms with Crippen LogP contribution in [0.3, 0.4) is 0 Å². The van der Waals surface area contributed by atoms with Gasteiger partial charge in [-0.25, -0.2) is 0 Å². The molecule has 1 saturated heterocycles. The number of aryl methyl sites for hydroxylation is 1. The normalized spacial score (nSPS) is 14.5. The Morgan fingerprint density at radius 3 is 2.46 bits per heavy atom. The number of nitrogens with one attached hydrogen (secondary N) is 1. The Bertz CT molecular complexity index is 1020. The minimum atomic E-state index is -0.107. The molecule has 0 atom stereocenters. The monoisotopic (exact) mass is 377 g/mol. The summed E-state index contributed by atoms with van der Waals surface area (Å²) in [5.74, 6) is -0.0137. The van der Waals surface area contributed by atoms with Gasteiger partial charge in [-0.1, -0.05) is 18.2 Å². The fourth-order valence-electron chi connectivity index (χ4n) is 4.22. The standard InChI is InChI=1S/C23H27N3O2/c1-2-26-20-9-5-4-8-18(20)19-16-17(10-11-21(19)26)24-22(27)12-13-23(28)25-14-6-3-7-15-25/h4-5,8-11,16H,2-3,6-7,12-15H2,1H3,(H,24,27). The molecule has 5 nitrogen and oxygen atoms in total. The Morgan fingerprint density at radius 1 is 0.929 bits per heavy atom. The van der Waals surface area contributed by atoms with E-state index in [2.05, 4.69) is 41.1 Å². The number of amides is 2. The van der Waals surface area contributed by atoms with E-state index in [0.717, 1.165) is 43.5 Å². The van der Waals surface area contributed by atoms with Crippen LogP contribution in [-0.2, 0) is 16.1 Å². The average Bonchev–Trinajstić information content (AvgIpc) is 3.05. The van der Waals surface area contributed by atoms with Gasteiger partial charge >= 0.3 is 0 Å². The van der Waals surface area contributed by atoms with E-state index < -0.39 is 0 Å². The van der Waals surface area contributed by atoms with Crippen molar-refractivity contribution in [2.45, 2.75) is 45.6 Å². The third-order valence-electron chi connectivity index (χ3n) is 5.65. The topological polar surface area (TPSA) is 54.3 Å². The maximum absolute atomic E-state index is 12.4. The van der Waals surface area contributed by atoms with Crippen molar-refractivity contribution >= 4 is 39.3 Å². The van der Waals surface area contributed by atoms with Gasteiger partial charge in [-0.05, 0) is 50.5 Å². The van der Waals surface area contributed by atoms with Gasteiger partial charge in [0.15, 0.2) is 0 Å². The second-order valence-corrected chi connectivity index (χ2v) is 7.48. The van der Waals surface area contributed by atoms with Crippen LogP contribution in [-0.4, -0.2) is 34.4 Å². The van der Waals surface area contributed by atoms with Gasteiger partial charge in [0.2, 0.25) is 11.8 Å². The Hall–Kier alpha value is -2.82. The number of piperidine rings is 1. The summed E-state index contributed by atoms with van der Waals surface area (Å²) in [4.78, 5) is 26.5. The van der Waals surface area contributed by atoms with Crippen LogP contribution < -0.4 is 5.32 Å². The molecule has 1 aromatic heterocycles. The molecule has 1 N–H and O–H groups in total. The zero-order valence-electron chi connectivity index (χ0n) is 16.4. The fourth-order valence-corrected chi connectivity index (χ4v) is 4.22. The van der Waals surface area contributed by atoms with Crippen molar-refractivity contribution in [2.24, 2.45) is 0 Å². The Balaban J connectivity index is 1.46. The lowest BCUT2D eigenvalue weighted by Gasteiger charge is -2.26. The molecule has 0 saturated carbocycles. The molecule has 3 aromatic rings. The van der Waals surface area contributed by atoms with Gasteiger partial charge < -0.3 is 14.8 Å². The summed E-state index contributed by atoms with van der Waals surface area (Å²) in [6.45, 7) is 4.70. The second-order valence-electron chi connectivity index (χ2n) is 7.48. The van der Waals surface area contributed by atoms with Crippen molar-refractivity contribution in [2.75, 3.05) is 18.4 Å². The van der Waals surface area contributed by atoms with Crippen LogP contribution in [0.1, 0.15) is 39.0 Å². The molecule has 1 fully saturated rings. The SMILES string of the molecule is CCn1c2ccccc2c2cc(NC(=O)CCC(=O)N3CCCCC3)ccc21. The van der Waals surface area contributed by atoms with E-state index in [1.54, 1.807) is 0 Å². The van der Waals surface area contributed by atoms with Crippen molar-refractivity contribution in [3.05, 3.63) is 42.5 Å². The molecule has 4 rings (SSSR count). The quantitative estimate of drug-likeness (QED) is 0.709. The smallest absolute Gasteiger partial charge is 0.224 e. The number of hydrogen-bond acceptors (Lipinski definition) is 2. The molecule has 1 aliphatic rings. The first-order valence-corrected chi connectivity index (χ1v) is 10.3. The summed E-state index contributed by atoms with van der Waals surface area (Å²) in [5, 5.41) is 5.29. The number of benzene rings is 2. The second kappa shape index (κ2) is 8.05. The van der Waals surface area contributed by atoms with Crippen LogP contribution in [0.4, 0.5) is 5.69 Å². The summed E-state index contributed by atoms with van der Waals surface area (Å²) in [6, 6.07) is 14.4. The predicted molar refractivity (Wildman–Crippen MR) is 113 cm³/mol. The molecule has 0 aliphatic carbocycles. The summed E-state index contributed by atoms with van der Waals surface area (Å²) in [7, 11) is 0. The van der Waals surface area contributed by atoms with Crippen molar-refractivity contribution in [1.29, 1.82) is 0 Å². The molecular weight excluding hydrogens is 350 g/mol. The minimum Gasteiger partial charge on any atom is -0.343 e. The number of carbonyl (C=O) groups excluding carboxylic acids is 2. The minimum absolute atomic E-state index is 0.0938. The summed E-state index contributed by atoms with van der Waals surface area (Å²) in [5.41, 5.74) is 3.15. The number of hydrogen-bond donors (Lipinski definition) is 1. The van der Waals surface area contributed by atoms with Crippen LogP contribution in [0.2, 0.25) is 0 Å². The lowest BCUT2D eigenvalue weighted by Crippen LogP contribution is -2.35. The van der Waals surface area contributed by atoms with Crippen molar-refractivity contribution in [1.82, 2.24) is 9.47 Å². The van der Waals surface area contributed by atoms with E-state index >= 15 is 0 Å². The molecule has 2 amide bonds. The molecule has 5 heteroatoms. The van der Waals surface area contributed by atoms with Crippen molar-refractivity contribution in [3.8, 4) is 0 Å². The Morgan fingerprint density at radius 2 is 1.68 bits per heavy atom. The van der Waals surface area contributed by atoms with E-state index in [9.17, 15) is 9.59 Å². The van der Waals surface area contributed by atoms with Crippen LogP contribution in [0.15, 0.2) is 42.5 Å². The lowest BCUT2D eigenvalue weighted by atomic mass is 10.1. The van der Waals surface area contributed by atoms with Gasteiger partial charge in [-0.2, -0.15) is 0 Å². The predicted octanol–water partition coefficient (Wildman–Crippen LogP) is 4.55. The molecule has 0 spiro atoms. The highest BCUT2D eigenvalue weighted by molar-refractivity contribution is 6.09. The van der Waals surface area contributed by atoms with E-state index in [4.69, 9.17) is 0 Å². The molecule has 28 heavy (non-hydrogen) atoms. The Kier molecular flexibility index (Phi) is 5.33. The van der Waals surface area contributed by atoms with Crippen LogP contribution in [0.25, 0.3) is 21.8 Å². The number of rotatable bonds is 5. The van der Waals surface area contributed by atoms with Crippen LogP contribution in [0, 0.1) is 0 Å². The lowest BCUT2D eigenvalue weighted by molar-refractivity contribution is -0.133. The highest BCUT2D eigenvalue weighted by Gasteiger charge is 2.17. The van der Waals surface area contributed by atoms with Gasteiger partial charge in [0.25, 0.3) is 0 Å². The third-order valence-corrected chi connectivity index (χ3v) is 5.65. The average molecular weight is 377 g/mol. The molecular formula is C23H27N3O2. The molecule has 0 unspecified atom stereocenters. The molecule has 0 bridgehead atoms. The first-order chi connectivity index (χ1) is 13.7. The molecule has 2 aromatic carbocycles. The maximum atomic E-state index is 12.4. The third kappa shape index (κ3) is 3.61. The molecule has 1 aliphatic heterocycles. The summed E-state index contributed by atoms with van der Waals surface area (Å²) < 4.78 is 2.29. The van der Waals surface area contributed by atoms with Gasteiger partial charge in [0.05, 0.1) is 0 Å². The number of nitrogens with zero attached hydrogens (tertiary/aromatic N) is 2. The number of fused-ring (bicyclic) bond motifs is 3. The largest absolute Gasteiger partial charge is 0.343 e. The van der Waals surface area contributed by atoms with Gasteiger partial charge in [0.1, 0.15) is 0 Å². The highest BCUT2D eigenvalue weighted by atomic mass is 16.2. The number of carbonyl (C=O) groups is 2. The fraction of sp³-hybridized carbons (Fsp3) is 0.391. The van der Waals surface area contributed by atoms with Gasteiger partial charge in [0, 0.05) is 60.0 Å². The zero-order valence-corrected chi connectivity index (χ0v) is 16.4. The van der Waals surface area contributed by atoms with E-state index in [1.165, 1.54) is 22.8 Å². The first kappa shape index (κ1) is 18.5. The number of likely N-dealkylation sites (tertiary alicyclic amines) is 1. The van der Waals surface area contributed by atoms with Gasteiger partial charge in [-0.3, -0.25) is 9.59 Å². The van der Waals surface area contributed by atoms with Crippen LogP contribution in [0.5, 0.6) is 0 Å². The van der Waals surface area contributed by atoms with E-state index in [1.807, 2.05) is 23.1 Å². The number of anilines is 1. The molecule has 146 valence electrons. The van der Waals surface area contributed by atoms with Crippen molar-refractivity contribution in [3.63, 3.8) is 0 Å². The first-order valence-electron chi connectivity index (χ1n) is 10.3. The Labute approximate surface area is 165 Å². The van der Waals surface area contributed by atoms with E-state index in [0.29, 0.717) is 0 Å². The molecule has 2 heterocycles. The maximum Gasteiger partial charge on any atom is 0.224 e. The van der Waals surface area contributed by atoms with Crippen molar-refractivity contribution < 1.29 is 9.59 Å². The zero-order chi connectivity index (χ0) is 19.5. The summed E-state index contributed by atoms with van der Waals surface area (Å²) >= 11 is 0. The highest BCUT2D eigenvalue weighted by Crippen LogP contribution is 2.31.